The zero-order valence-electron chi connectivity index (χ0n) is 8.24. The SMILES string of the molecule is CCCCSCSCCCC(O)O. The number of aliphatic hydroxyl groups excluding tert-OH is 1. The van der Waals surface area contributed by atoms with Gasteiger partial charge in [0.1, 0.15) is 0 Å². The molecule has 0 heterocycles. The van der Waals surface area contributed by atoms with Crippen molar-refractivity contribution >= 4 is 23.5 Å². The number of hydrogen-bond donors (Lipinski definition) is 2. The number of rotatable bonds is 9. The average molecular weight is 224 g/mol. The maximum absolute atomic E-state index is 8.57. The second-order valence-electron chi connectivity index (χ2n) is 2.91. The van der Waals surface area contributed by atoms with Gasteiger partial charge in [-0.05, 0) is 30.8 Å². The third kappa shape index (κ3) is 12.6. The van der Waals surface area contributed by atoms with E-state index >= 15 is 0 Å². The molecule has 0 bridgehead atoms. The molecule has 80 valence electrons. The van der Waals surface area contributed by atoms with Crippen LogP contribution in [-0.2, 0) is 0 Å². The van der Waals surface area contributed by atoms with Crippen LogP contribution in [-0.4, -0.2) is 33.1 Å². The quantitative estimate of drug-likeness (QED) is 0.466. The largest absolute Gasteiger partial charge is 0.368 e. The summed E-state index contributed by atoms with van der Waals surface area (Å²) in [5.74, 6) is 2.29. The van der Waals surface area contributed by atoms with Crippen LogP contribution in [0.2, 0.25) is 0 Å². The summed E-state index contributed by atoms with van der Waals surface area (Å²) in [5.41, 5.74) is 0. The molecule has 0 radical (unpaired) electrons. The van der Waals surface area contributed by atoms with Crippen molar-refractivity contribution in [1.29, 1.82) is 0 Å². The summed E-state index contributed by atoms with van der Waals surface area (Å²) in [6, 6.07) is 0. The Hall–Kier alpha value is 0.620. The molecule has 0 saturated heterocycles. The van der Waals surface area contributed by atoms with Crippen molar-refractivity contribution in [1.82, 2.24) is 0 Å². The first-order valence-electron chi connectivity index (χ1n) is 4.79. The minimum atomic E-state index is -1.12. The van der Waals surface area contributed by atoms with Crippen molar-refractivity contribution in [3.63, 3.8) is 0 Å². The van der Waals surface area contributed by atoms with Crippen LogP contribution in [0.3, 0.4) is 0 Å². The molecular formula is C9H20O2S2. The van der Waals surface area contributed by atoms with Crippen LogP contribution < -0.4 is 0 Å². The summed E-state index contributed by atoms with van der Waals surface area (Å²) in [6.45, 7) is 2.20. The number of unbranched alkanes of at least 4 members (excludes halogenated alkanes) is 1. The Balaban J connectivity index is 2.84. The molecule has 0 aliphatic heterocycles. The Morgan fingerprint density at radius 1 is 1.08 bits per heavy atom. The summed E-state index contributed by atoms with van der Waals surface area (Å²) in [6.07, 6.45) is 2.87. The Bertz CT molecular complexity index is 99.6. The van der Waals surface area contributed by atoms with E-state index in [2.05, 4.69) is 6.92 Å². The molecule has 0 aromatic carbocycles. The maximum Gasteiger partial charge on any atom is 0.151 e. The van der Waals surface area contributed by atoms with E-state index in [0.29, 0.717) is 6.42 Å². The predicted molar refractivity (Wildman–Crippen MR) is 62.2 cm³/mol. The van der Waals surface area contributed by atoms with E-state index in [1.165, 1.54) is 18.6 Å². The van der Waals surface area contributed by atoms with Crippen LogP contribution in [0, 0.1) is 0 Å². The maximum atomic E-state index is 8.57. The van der Waals surface area contributed by atoms with E-state index in [-0.39, 0.29) is 0 Å². The average Bonchev–Trinajstić information content (AvgIpc) is 2.09. The monoisotopic (exact) mass is 224 g/mol. The van der Waals surface area contributed by atoms with Gasteiger partial charge in [-0.3, -0.25) is 0 Å². The minimum Gasteiger partial charge on any atom is -0.368 e. The van der Waals surface area contributed by atoms with E-state index in [1.807, 2.05) is 23.5 Å². The van der Waals surface area contributed by atoms with Crippen LogP contribution in [0.15, 0.2) is 0 Å². The zero-order valence-corrected chi connectivity index (χ0v) is 9.87. The highest BCUT2D eigenvalue weighted by Gasteiger charge is 1.96. The normalized spacial score (nSPS) is 11.1. The van der Waals surface area contributed by atoms with Gasteiger partial charge in [0.05, 0.1) is 0 Å². The van der Waals surface area contributed by atoms with Gasteiger partial charge in [-0.25, -0.2) is 0 Å². The van der Waals surface area contributed by atoms with E-state index < -0.39 is 6.29 Å². The fraction of sp³-hybridized carbons (Fsp3) is 1.00. The molecule has 0 atom stereocenters. The lowest BCUT2D eigenvalue weighted by molar-refractivity contribution is -0.0451. The Labute approximate surface area is 89.5 Å². The van der Waals surface area contributed by atoms with Crippen LogP contribution >= 0.6 is 23.5 Å². The smallest absolute Gasteiger partial charge is 0.151 e. The zero-order chi connectivity index (χ0) is 9.94. The third-order valence-corrected chi connectivity index (χ3v) is 4.05. The third-order valence-electron chi connectivity index (χ3n) is 1.56. The van der Waals surface area contributed by atoms with Crippen LogP contribution in [0.25, 0.3) is 0 Å². The lowest BCUT2D eigenvalue weighted by Gasteiger charge is -2.03. The Morgan fingerprint density at radius 3 is 2.23 bits per heavy atom. The summed E-state index contributed by atoms with van der Waals surface area (Å²) in [5, 5.41) is 18.3. The molecule has 0 aliphatic carbocycles. The summed E-state index contributed by atoms with van der Waals surface area (Å²) in [7, 11) is 0. The van der Waals surface area contributed by atoms with Gasteiger partial charge in [0.2, 0.25) is 0 Å². The van der Waals surface area contributed by atoms with Gasteiger partial charge in [-0.15, -0.1) is 0 Å². The summed E-state index contributed by atoms with van der Waals surface area (Å²) < 4.78 is 0. The lowest BCUT2D eigenvalue weighted by Crippen LogP contribution is -2.03. The van der Waals surface area contributed by atoms with Crippen LogP contribution in [0.1, 0.15) is 32.6 Å². The van der Waals surface area contributed by atoms with Crippen molar-refractivity contribution in [3.05, 3.63) is 0 Å². The molecule has 0 spiro atoms. The standard InChI is InChI=1S/C9H20O2S2/c1-2-3-6-12-8-13-7-4-5-9(10)11/h9-11H,2-8H2,1H3. The topological polar surface area (TPSA) is 40.5 Å². The molecule has 0 aromatic heterocycles. The van der Waals surface area contributed by atoms with Crippen LogP contribution in [0.4, 0.5) is 0 Å². The molecule has 0 rings (SSSR count). The van der Waals surface area contributed by atoms with E-state index in [9.17, 15) is 0 Å². The van der Waals surface area contributed by atoms with Gasteiger partial charge in [-0.1, -0.05) is 13.3 Å². The Kier molecular flexibility index (Phi) is 11.2. The summed E-state index contributed by atoms with van der Waals surface area (Å²) in [4.78, 5) is 0. The molecule has 2 nitrogen and oxygen atoms in total. The van der Waals surface area contributed by atoms with Crippen molar-refractivity contribution in [2.75, 3.05) is 16.6 Å². The number of aliphatic hydroxyl groups is 2. The first-order valence-corrected chi connectivity index (χ1v) is 7.10. The van der Waals surface area contributed by atoms with Crippen molar-refractivity contribution in [2.24, 2.45) is 0 Å². The first-order chi connectivity index (χ1) is 6.27. The first kappa shape index (κ1) is 13.6. The van der Waals surface area contributed by atoms with Gasteiger partial charge >= 0.3 is 0 Å². The van der Waals surface area contributed by atoms with Gasteiger partial charge in [-0.2, -0.15) is 23.5 Å². The molecular weight excluding hydrogens is 204 g/mol. The van der Waals surface area contributed by atoms with Crippen LogP contribution in [0.5, 0.6) is 0 Å². The molecule has 13 heavy (non-hydrogen) atoms. The van der Waals surface area contributed by atoms with Crippen molar-refractivity contribution in [3.8, 4) is 0 Å². The Morgan fingerprint density at radius 2 is 1.69 bits per heavy atom. The highest BCUT2D eigenvalue weighted by Crippen LogP contribution is 2.15. The molecule has 0 saturated carbocycles. The molecule has 0 unspecified atom stereocenters. The van der Waals surface area contributed by atoms with Crippen molar-refractivity contribution < 1.29 is 10.2 Å². The molecule has 0 aromatic rings. The van der Waals surface area contributed by atoms with Gasteiger partial charge < -0.3 is 10.2 Å². The number of hydrogen-bond acceptors (Lipinski definition) is 4. The van der Waals surface area contributed by atoms with E-state index in [1.54, 1.807) is 0 Å². The van der Waals surface area contributed by atoms with E-state index in [4.69, 9.17) is 10.2 Å². The lowest BCUT2D eigenvalue weighted by atomic mass is 10.3. The summed E-state index contributed by atoms with van der Waals surface area (Å²) >= 11 is 3.86. The highest BCUT2D eigenvalue weighted by atomic mass is 32.2. The fourth-order valence-electron chi connectivity index (χ4n) is 0.791. The molecule has 2 N–H and O–H groups in total. The molecule has 0 aliphatic rings. The minimum absolute atomic E-state index is 0.507. The molecule has 0 amide bonds. The highest BCUT2D eigenvalue weighted by molar-refractivity contribution is 8.15. The second kappa shape index (κ2) is 10.7. The number of thioether (sulfide) groups is 2. The van der Waals surface area contributed by atoms with Gasteiger partial charge in [0.15, 0.2) is 6.29 Å². The van der Waals surface area contributed by atoms with Gasteiger partial charge in [0, 0.05) is 5.08 Å². The second-order valence-corrected chi connectivity index (χ2v) is 5.49. The fourth-order valence-corrected chi connectivity index (χ4v) is 3.07. The van der Waals surface area contributed by atoms with Crippen molar-refractivity contribution in [2.45, 2.75) is 38.9 Å². The van der Waals surface area contributed by atoms with Gasteiger partial charge in [0.25, 0.3) is 0 Å². The predicted octanol–water partition coefficient (Wildman–Crippen LogP) is 2.30. The molecule has 4 heteroatoms. The molecule has 0 fully saturated rings. The van der Waals surface area contributed by atoms with E-state index in [0.717, 1.165) is 17.3 Å².